The molecule has 0 aliphatic rings. The Hall–Kier alpha value is -4.38. The highest BCUT2D eigenvalue weighted by Gasteiger charge is 2.31. The first-order valence-corrected chi connectivity index (χ1v) is 19.5. The molecule has 0 atom stereocenters. The van der Waals surface area contributed by atoms with Crippen LogP contribution in [0.4, 0.5) is 0 Å². The van der Waals surface area contributed by atoms with Crippen molar-refractivity contribution in [3.8, 4) is 0 Å². The van der Waals surface area contributed by atoms with E-state index in [2.05, 4.69) is 200 Å². The van der Waals surface area contributed by atoms with Gasteiger partial charge in [0.05, 0.1) is 0 Å². The van der Waals surface area contributed by atoms with Gasteiger partial charge in [0.15, 0.2) is 8.80 Å². The summed E-state index contributed by atoms with van der Waals surface area (Å²) < 4.78 is 0. The van der Waals surface area contributed by atoms with Gasteiger partial charge in [0, 0.05) is 0 Å². The Kier molecular flexibility index (Phi) is 9.22. The van der Waals surface area contributed by atoms with Gasteiger partial charge in [0.2, 0.25) is 0 Å². The molecule has 0 aliphatic carbocycles. The van der Waals surface area contributed by atoms with Crippen molar-refractivity contribution in [2.24, 2.45) is 0 Å². The summed E-state index contributed by atoms with van der Waals surface area (Å²) in [6.45, 7) is 0. The lowest BCUT2D eigenvalue weighted by atomic mass is 10.3. The Morgan fingerprint density at radius 1 is 0.267 bits per heavy atom. The van der Waals surface area contributed by atoms with Crippen molar-refractivity contribution in [1.82, 2.24) is 0 Å². The third kappa shape index (κ3) is 6.40. The third-order valence-corrected chi connectivity index (χ3v) is 16.2. The average Bonchev–Trinajstić information content (AvgIpc) is 3.12. The van der Waals surface area contributed by atoms with Crippen molar-refractivity contribution in [3.63, 3.8) is 0 Å². The summed E-state index contributed by atoms with van der Waals surface area (Å²) in [4.78, 5) is 0. The normalized spacial score (nSPS) is 11.3. The van der Waals surface area contributed by atoms with Crippen LogP contribution in [0.25, 0.3) is 0 Å². The van der Waals surface area contributed by atoms with E-state index in [0.717, 1.165) is 0 Å². The van der Waals surface area contributed by atoms with Crippen LogP contribution in [0.3, 0.4) is 0 Å². The maximum absolute atomic E-state index is 2.42. The fraction of sp³-hybridized carbons (Fsp3) is 0. The van der Waals surface area contributed by atoms with Crippen molar-refractivity contribution in [2.45, 2.75) is 0 Å². The van der Waals surface area contributed by atoms with Crippen LogP contribution in [-0.2, 0) is 0 Å². The molecule has 0 fully saturated rings. The maximum atomic E-state index is 2.42. The molecule has 0 nitrogen and oxygen atoms in total. The second-order valence-electron chi connectivity index (χ2n) is 10.8. The molecule has 0 heterocycles. The molecule has 0 unspecified atom stereocenters. The van der Waals surface area contributed by atoms with Gasteiger partial charge in [-0.25, -0.2) is 0 Å². The van der Waals surface area contributed by atoms with E-state index >= 15 is 0 Å². The Morgan fingerprint density at radius 3 is 0.867 bits per heavy atom. The third-order valence-electron chi connectivity index (χ3n) is 7.95. The van der Waals surface area contributed by atoms with Crippen LogP contribution < -0.4 is 47.4 Å². The largest absolute Gasteiger partial charge is 0.156 e. The Labute approximate surface area is 271 Å². The molecular formula is C42H33P2Si. The summed E-state index contributed by atoms with van der Waals surface area (Å²) in [5, 5.41) is 12.8. The molecule has 1 radical (unpaired) electrons. The molecule has 215 valence electrons. The second-order valence-corrected chi connectivity index (χ2v) is 17.6. The van der Waals surface area contributed by atoms with Gasteiger partial charge >= 0.3 is 0 Å². The standard InChI is InChI=1S/C42H33P2Si/c1-6-20-34(21-7-1)43(35-22-8-2-9-23-35)39-30-16-18-32-41(39)45(38-28-14-5-15-29-38)42-33-19-17-31-40(42)44(36-24-10-3-11-25-36)37-26-12-4-13-27-37/h1-33H. The molecule has 7 rings (SSSR count). The minimum atomic E-state index is -1.42. The zero-order chi connectivity index (χ0) is 30.3. The predicted molar refractivity (Wildman–Crippen MR) is 201 cm³/mol. The van der Waals surface area contributed by atoms with Crippen LogP contribution in [-0.4, -0.2) is 8.80 Å². The molecule has 0 aliphatic heterocycles. The maximum Gasteiger partial charge on any atom is 0.156 e. The lowest BCUT2D eigenvalue weighted by Gasteiger charge is -2.29. The minimum Gasteiger partial charge on any atom is -0.0624 e. The van der Waals surface area contributed by atoms with Crippen LogP contribution in [0.5, 0.6) is 0 Å². The number of rotatable bonds is 9. The summed E-state index contributed by atoms with van der Waals surface area (Å²) in [6, 6.07) is 74.3. The second kappa shape index (κ2) is 14.1. The fourth-order valence-electron chi connectivity index (χ4n) is 5.98. The molecule has 7 aromatic carbocycles. The quantitative estimate of drug-likeness (QED) is 0.109. The molecule has 0 spiro atoms. The molecule has 3 heteroatoms. The van der Waals surface area contributed by atoms with Crippen LogP contribution in [0.1, 0.15) is 0 Å². The highest BCUT2D eigenvalue weighted by molar-refractivity contribution is 7.81. The van der Waals surface area contributed by atoms with Crippen LogP contribution >= 0.6 is 15.8 Å². The van der Waals surface area contributed by atoms with E-state index in [0.29, 0.717) is 0 Å². The molecular weight excluding hydrogens is 594 g/mol. The van der Waals surface area contributed by atoms with E-state index in [1.807, 2.05) is 0 Å². The van der Waals surface area contributed by atoms with Gasteiger partial charge in [-0.15, -0.1) is 0 Å². The summed E-state index contributed by atoms with van der Waals surface area (Å²) in [7, 11) is -2.95. The van der Waals surface area contributed by atoms with Crippen molar-refractivity contribution in [3.05, 3.63) is 200 Å². The number of hydrogen-bond acceptors (Lipinski definition) is 0. The first kappa shape index (κ1) is 29.3. The van der Waals surface area contributed by atoms with Gasteiger partial charge in [-0.2, -0.15) is 0 Å². The predicted octanol–water partition coefficient (Wildman–Crippen LogP) is 5.72. The number of hydrogen-bond donors (Lipinski definition) is 0. The van der Waals surface area contributed by atoms with Crippen LogP contribution in [0, 0.1) is 0 Å². The summed E-state index contributed by atoms with van der Waals surface area (Å²) >= 11 is 0. The fourth-order valence-corrected chi connectivity index (χ4v) is 14.7. The lowest BCUT2D eigenvalue weighted by molar-refractivity contribution is 1.73. The zero-order valence-electron chi connectivity index (χ0n) is 24.9. The van der Waals surface area contributed by atoms with E-state index in [-0.39, 0.29) is 0 Å². The van der Waals surface area contributed by atoms with E-state index in [9.17, 15) is 0 Å². The van der Waals surface area contributed by atoms with E-state index < -0.39 is 24.6 Å². The smallest absolute Gasteiger partial charge is 0.0624 e. The van der Waals surface area contributed by atoms with Crippen molar-refractivity contribution in [1.29, 1.82) is 0 Å². The van der Waals surface area contributed by atoms with Gasteiger partial charge in [0.1, 0.15) is 0 Å². The van der Waals surface area contributed by atoms with E-state index in [1.54, 1.807) is 0 Å². The van der Waals surface area contributed by atoms with Gasteiger partial charge in [-0.3, -0.25) is 0 Å². The SMILES string of the molecule is c1ccc([Si](c2ccccc2P(c2ccccc2)c2ccccc2)c2ccccc2P(c2ccccc2)c2ccccc2)cc1. The van der Waals surface area contributed by atoms with Gasteiger partial charge in [-0.05, 0) is 58.0 Å². The molecule has 0 amide bonds. The first-order valence-electron chi connectivity index (χ1n) is 15.3. The molecule has 0 saturated carbocycles. The summed E-state index contributed by atoms with van der Waals surface area (Å²) in [5.74, 6) is 0. The molecule has 45 heavy (non-hydrogen) atoms. The first-order chi connectivity index (χ1) is 22.4. The van der Waals surface area contributed by atoms with Gasteiger partial charge in [-0.1, -0.05) is 205 Å². The van der Waals surface area contributed by atoms with Crippen molar-refractivity contribution in [2.75, 3.05) is 0 Å². The molecule has 0 N–H and O–H groups in total. The van der Waals surface area contributed by atoms with Gasteiger partial charge < -0.3 is 0 Å². The Balaban J connectivity index is 1.49. The molecule has 0 bridgehead atoms. The molecule has 0 saturated heterocycles. The average molecular weight is 628 g/mol. The van der Waals surface area contributed by atoms with Gasteiger partial charge in [0.25, 0.3) is 0 Å². The van der Waals surface area contributed by atoms with Crippen LogP contribution in [0.2, 0.25) is 0 Å². The Bertz CT molecular complexity index is 1740. The van der Waals surface area contributed by atoms with Crippen LogP contribution in [0.15, 0.2) is 200 Å². The zero-order valence-corrected chi connectivity index (χ0v) is 27.7. The monoisotopic (exact) mass is 627 g/mol. The van der Waals surface area contributed by atoms with Crippen molar-refractivity contribution >= 4 is 72.0 Å². The molecule has 7 aromatic rings. The summed E-state index contributed by atoms with van der Waals surface area (Å²) in [6.07, 6.45) is 0. The summed E-state index contributed by atoms with van der Waals surface area (Å²) in [5.41, 5.74) is 0. The van der Waals surface area contributed by atoms with Crippen molar-refractivity contribution < 1.29 is 0 Å². The Morgan fingerprint density at radius 2 is 0.533 bits per heavy atom. The van der Waals surface area contributed by atoms with E-state index in [1.165, 1.54) is 47.4 Å². The highest BCUT2D eigenvalue weighted by Crippen LogP contribution is 2.34. The lowest BCUT2D eigenvalue weighted by Crippen LogP contribution is -2.60. The molecule has 0 aromatic heterocycles. The highest BCUT2D eigenvalue weighted by atomic mass is 31.1. The topological polar surface area (TPSA) is 0 Å². The van der Waals surface area contributed by atoms with E-state index in [4.69, 9.17) is 0 Å². The minimum absolute atomic E-state index is 0.762. The number of benzene rings is 7.